The van der Waals surface area contributed by atoms with Gasteiger partial charge in [-0.1, -0.05) is 32.0 Å². The zero-order chi connectivity index (χ0) is 12.3. The van der Waals surface area contributed by atoms with Crippen LogP contribution in [0.4, 0.5) is 5.69 Å². The third-order valence-electron chi connectivity index (χ3n) is 3.52. The second-order valence-electron chi connectivity index (χ2n) is 5.39. The highest BCUT2D eigenvalue weighted by Gasteiger charge is 2.20. The smallest absolute Gasteiger partial charge is 0.0810 e. The largest absolute Gasteiger partial charge is 0.388 e. The fraction of sp³-hybridized carbons (Fsp3) is 0.600. The average molecular weight is 233 g/mol. The summed E-state index contributed by atoms with van der Waals surface area (Å²) in [6.45, 7) is 6.69. The van der Waals surface area contributed by atoms with Gasteiger partial charge >= 0.3 is 0 Å². The lowest BCUT2D eigenvalue weighted by atomic mass is 10.0. The molecule has 17 heavy (non-hydrogen) atoms. The predicted octanol–water partition coefficient (Wildman–Crippen LogP) is 3.37. The summed E-state index contributed by atoms with van der Waals surface area (Å²) >= 11 is 0. The maximum absolute atomic E-state index is 10.1. The molecule has 0 spiro atoms. The molecule has 0 amide bonds. The number of rotatable bonds is 3. The number of fused-ring (bicyclic) bond motifs is 1. The molecule has 94 valence electrons. The number of aliphatic hydroxyl groups is 1. The van der Waals surface area contributed by atoms with E-state index < -0.39 is 0 Å². The normalized spacial score (nSPS) is 20.2. The number of para-hydroxylation sites is 1. The van der Waals surface area contributed by atoms with Gasteiger partial charge in [0.25, 0.3) is 0 Å². The third-order valence-corrected chi connectivity index (χ3v) is 3.52. The summed E-state index contributed by atoms with van der Waals surface area (Å²) in [6, 6.07) is 8.30. The van der Waals surface area contributed by atoms with Gasteiger partial charge in [0.15, 0.2) is 0 Å². The summed E-state index contributed by atoms with van der Waals surface area (Å²) in [6.07, 6.45) is 2.89. The molecule has 0 bridgehead atoms. The van der Waals surface area contributed by atoms with Gasteiger partial charge < -0.3 is 10.0 Å². The average Bonchev–Trinajstić information content (AvgIpc) is 2.47. The Hall–Kier alpha value is -1.02. The van der Waals surface area contributed by atoms with Crippen molar-refractivity contribution < 1.29 is 5.11 Å². The molecule has 1 aliphatic rings. The summed E-state index contributed by atoms with van der Waals surface area (Å²) in [5.41, 5.74) is 2.34. The van der Waals surface area contributed by atoms with Crippen LogP contribution in [0.15, 0.2) is 24.3 Å². The van der Waals surface area contributed by atoms with Crippen LogP contribution in [0.1, 0.15) is 44.8 Å². The maximum atomic E-state index is 10.1. The molecule has 0 saturated carbocycles. The van der Waals surface area contributed by atoms with Crippen LogP contribution in [-0.2, 0) is 0 Å². The fourth-order valence-electron chi connectivity index (χ4n) is 2.46. The van der Waals surface area contributed by atoms with Crippen LogP contribution in [0, 0.1) is 5.92 Å². The maximum Gasteiger partial charge on any atom is 0.0810 e. The summed E-state index contributed by atoms with van der Waals surface area (Å²) in [5.74, 6) is 0.732. The van der Waals surface area contributed by atoms with E-state index in [-0.39, 0.29) is 6.10 Å². The van der Waals surface area contributed by atoms with E-state index in [2.05, 4.69) is 36.9 Å². The van der Waals surface area contributed by atoms with E-state index in [1.54, 1.807) is 0 Å². The third kappa shape index (κ3) is 3.01. The first-order valence-corrected chi connectivity index (χ1v) is 6.70. The SMILES string of the molecule is CC(C)CCN1CCCC(O)c2ccccc21. The van der Waals surface area contributed by atoms with E-state index in [1.807, 2.05) is 6.07 Å². The Morgan fingerprint density at radius 2 is 2.12 bits per heavy atom. The predicted molar refractivity (Wildman–Crippen MR) is 72.3 cm³/mol. The van der Waals surface area contributed by atoms with Gasteiger partial charge in [0, 0.05) is 24.3 Å². The topological polar surface area (TPSA) is 23.5 Å². The van der Waals surface area contributed by atoms with Crippen molar-refractivity contribution in [2.75, 3.05) is 18.0 Å². The summed E-state index contributed by atoms with van der Waals surface area (Å²) in [4.78, 5) is 2.44. The van der Waals surface area contributed by atoms with Crippen molar-refractivity contribution in [3.8, 4) is 0 Å². The van der Waals surface area contributed by atoms with E-state index in [9.17, 15) is 5.11 Å². The van der Waals surface area contributed by atoms with Crippen LogP contribution in [0.5, 0.6) is 0 Å². The van der Waals surface area contributed by atoms with Crippen LogP contribution < -0.4 is 4.90 Å². The standard InChI is InChI=1S/C15H23NO/c1-12(2)9-11-16-10-5-8-15(17)13-6-3-4-7-14(13)16/h3-4,6-7,12,15,17H,5,8-11H2,1-2H3. The van der Waals surface area contributed by atoms with Crippen molar-refractivity contribution in [2.45, 2.75) is 39.2 Å². The Kier molecular flexibility index (Phi) is 4.06. The summed E-state index contributed by atoms with van der Waals surface area (Å²) in [5, 5.41) is 10.1. The molecule has 1 atom stereocenters. The molecule has 0 aromatic heterocycles. The number of hydrogen-bond donors (Lipinski definition) is 1. The van der Waals surface area contributed by atoms with Gasteiger partial charge in [0.2, 0.25) is 0 Å². The number of aliphatic hydroxyl groups excluding tert-OH is 1. The monoisotopic (exact) mass is 233 g/mol. The van der Waals surface area contributed by atoms with Crippen molar-refractivity contribution >= 4 is 5.69 Å². The lowest BCUT2D eigenvalue weighted by molar-refractivity contribution is 0.168. The number of benzene rings is 1. The Morgan fingerprint density at radius 3 is 2.88 bits per heavy atom. The van der Waals surface area contributed by atoms with E-state index in [0.29, 0.717) is 0 Å². The van der Waals surface area contributed by atoms with Crippen LogP contribution in [-0.4, -0.2) is 18.2 Å². The minimum absolute atomic E-state index is 0.282. The molecule has 1 N–H and O–H groups in total. The second kappa shape index (κ2) is 5.54. The van der Waals surface area contributed by atoms with Gasteiger partial charge in [-0.15, -0.1) is 0 Å². The molecule has 0 saturated heterocycles. The second-order valence-corrected chi connectivity index (χ2v) is 5.39. The minimum Gasteiger partial charge on any atom is -0.388 e. The number of nitrogens with zero attached hydrogens (tertiary/aromatic N) is 1. The number of anilines is 1. The van der Waals surface area contributed by atoms with Crippen molar-refractivity contribution in [2.24, 2.45) is 5.92 Å². The van der Waals surface area contributed by atoms with Crippen molar-refractivity contribution in [1.29, 1.82) is 0 Å². The molecular formula is C15H23NO. The van der Waals surface area contributed by atoms with Gasteiger partial charge in [-0.3, -0.25) is 0 Å². The van der Waals surface area contributed by atoms with Crippen LogP contribution in [0.25, 0.3) is 0 Å². The van der Waals surface area contributed by atoms with Gasteiger partial charge in [0.05, 0.1) is 6.10 Å². The van der Waals surface area contributed by atoms with Crippen molar-refractivity contribution in [1.82, 2.24) is 0 Å². The lowest BCUT2D eigenvalue weighted by Gasteiger charge is -2.26. The molecule has 1 aromatic rings. The first-order chi connectivity index (χ1) is 8.18. The van der Waals surface area contributed by atoms with Gasteiger partial charge in [-0.05, 0) is 31.2 Å². The van der Waals surface area contributed by atoms with Crippen LogP contribution >= 0.6 is 0 Å². The quantitative estimate of drug-likeness (QED) is 0.865. The molecule has 2 nitrogen and oxygen atoms in total. The Balaban J connectivity index is 2.19. The molecule has 1 heterocycles. The van der Waals surface area contributed by atoms with E-state index in [4.69, 9.17) is 0 Å². The molecule has 0 fully saturated rings. The fourth-order valence-corrected chi connectivity index (χ4v) is 2.46. The van der Waals surface area contributed by atoms with E-state index >= 15 is 0 Å². The summed E-state index contributed by atoms with van der Waals surface area (Å²) in [7, 11) is 0. The van der Waals surface area contributed by atoms with Gasteiger partial charge in [-0.2, -0.15) is 0 Å². The molecule has 1 aliphatic heterocycles. The van der Waals surface area contributed by atoms with Crippen molar-refractivity contribution in [3.05, 3.63) is 29.8 Å². The van der Waals surface area contributed by atoms with Gasteiger partial charge in [-0.25, -0.2) is 0 Å². The summed E-state index contributed by atoms with van der Waals surface area (Å²) < 4.78 is 0. The van der Waals surface area contributed by atoms with E-state index in [1.165, 1.54) is 12.1 Å². The Morgan fingerprint density at radius 1 is 1.35 bits per heavy atom. The zero-order valence-corrected chi connectivity index (χ0v) is 10.9. The van der Waals surface area contributed by atoms with E-state index in [0.717, 1.165) is 37.4 Å². The molecular weight excluding hydrogens is 210 g/mol. The Bertz CT molecular complexity index is 362. The van der Waals surface area contributed by atoms with Crippen LogP contribution in [0.3, 0.4) is 0 Å². The molecule has 0 aliphatic carbocycles. The van der Waals surface area contributed by atoms with Gasteiger partial charge in [0.1, 0.15) is 0 Å². The van der Waals surface area contributed by atoms with Crippen LogP contribution in [0.2, 0.25) is 0 Å². The molecule has 1 unspecified atom stereocenters. The van der Waals surface area contributed by atoms with Crippen molar-refractivity contribution in [3.63, 3.8) is 0 Å². The molecule has 2 rings (SSSR count). The highest BCUT2D eigenvalue weighted by atomic mass is 16.3. The highest BCUT2D eigenvalue weighted by Crippen LogP contribution is 2.32. The molecule has 1 aromatic carbocycles. The minimum atomic E-state index is -0.282. The first kappa shape index (κ1) is 12.4. The lowest BCUT2D eigenvalue weighted by Crippen LogP contribution is -2.26. The first-order valence-electron chi connectivity index (χ1n) is 6.70. The highest BCUT2D eigenvalue weighted by molar-refractivity contribution is 5.55. The molecule has 2 heteroatoms. The molecule has 0 radical (unpaired) electrons. The Labute approximate surface area is 104 Å². The number of hydrogen-bond acceptors (Lipinski definition) is 2. The zero-order valence-electron chi connectivity index (χ0n) is 10.9.